The lowest BCUT2D eigenvalue weighted by Gasteiger charge is -2.25. The number of phosphoric ester groups is 1. The zero-order valence-electron chi connectivity index (χ0n) is 52.3. The molecule has 0 aliphatic carbocycles. The molecule has 0 fully saturated rings. The lowest BCUT2D eigenvalue weighted by atomic mass is 10.0. The van der Waals surface area contributed by atoms with Gasteiger partial charge in [-0.15, -0.1) is 0 Å². The number of hydrogen-bond donors (Lipinski definition) is 3. The normalized spacial score (nSPS) is 14.4. The molecule has 3 N–H and O–H groups in total. The number of phosphoric acid groups is 1. The zero-order chi connectivity index (χ0) is 57.7. The molecule has 0 bridgehead atoms. The molecular weight excluding hydrogens is 996 g/mol. The number of quaternary nitrogens is 1. The minimum Gasteiger partial charge on any atom is -0.387 e. The van der Waals surface area contributed by atoms with Gasteiger partial charge in [0, 0.05) is 6.42 Å². The first kappa shape index (κ1) is 76.4. The number of allylic oxidation sites excluding steroid dienone is 15. The maximum atomic E-state index is 13.0. The van der Waals surface area contributed by atoms with Crippen LogP contribution in [0.4, 0.5) is 0 Å². The molecule has 0 radical (unpaired) electrons. The van der Waals surface area contributed by atoms with Gasteiger partial charge in [0.15, 0.2) is 0 Å². The summed E-state index contributed by atoms with van der Waals surface area (Å²) in [6.07, 6.45) is 86.9. The first-order valence-electron chi connectivity index (χ1n) is 33.1. The number of nitrogens with zero attached hydrogens (tertiary/aromatic N) is 1. The van der Waals surface area contributed by atoms with Crippen LogP contribution in [0.2, 0.25) is 0 Å². The Morgan fingerprint density at radius 2 is 0.772 bits per heavy atom. The van der Waals surface area contributed by atoms with Crippen molar-refractivity contribution in [2.24, 2.45) is 0 Å². The van der Waals surface area contributed by atoms with Crippen molar-refractivity contribution in [1.29, 1.82) is 0 Å². The van der Waals surface area contributed by atoms with Crippen LogP contribution in [0.1, 0.15) is 290 Å². The summed E-state index contributed by atoms with van der Waals surface area (Å²) < 4.78 is 23.8. The predicted molar refractivity (Wildman–Crippen MR) is 346 cm³/mol. The van der Waals surface area contributed by atoms with Gasteiger partial charge in [-0.25, -0.2) is 4.57 Å². The molecule has 1 amide bonds. The van der Waals surface area contributed by atoms with Gasteiger partial charge >= 0.3 is 7.82 Å². The number of nitrogens with one attached hydrogen (secondary N) is 1. The van der Waals surface area contributed by atoms with Crippen LogP contribution in [0.3, 0.4) is 0 Å². The Kier molecular flexibility index (Phi) is 58.1. The maximum absolute atomic E-state index is 13.0. The SMILES string of the molecule is CC/C=C\C/C=C\C/C=C\C/C=C\C/C=C\CCCCCCCCCCCCCCCCCCCCCC(=O)NC(COP(=O)(O)OCC[N+](C)(C)C)C(O)/C=C/CC/C=C/CC/C=C/CCCCCCCCCCCCCC. The van der Waals surface area contributed by atoms with Crippen molar-refractivity contribution in [3.8, 4) is 0 Å². The zero-order valence-corrected chi connectivity index (χ0v) is 53.2. The minimum absolute atomic E-state index is 0.0514. The fraction of sp³-hybridized carbons (Fsp3) is 0.757. The van der Waals surface area contributed by atoms with Gasteiger partial charge in [-0.05, 0) is 89.9 Å². The van der Waals surface area contributed by atoms with Gasteiger partial charge in [-0.1, -0.05) is 291 Å². The first-order chi connectivity index (χ1) is 38.5. The van der Waals surface area contributed by atoms with E-state index in [2.05, 4.69) is 104 Å². The Labute approximate surface area is 489 Å². The lowest BCUT2D eigenvalue weighted by Crippen LogP contribution is -2.45. The van der Waals surface area contributed by atoms with Crippen LogP contribution in [-0.2, 0) is 18.4 Å². The molecule has 0 heterocycles. The summed E-state index contributed by atoms with van der Waals surface area (Å²) in [5, 5.41) is 14.0. The van der Waals surface area contributed by atoms with Crippen molar-refractivity contribution < 1.29 is 32.9 Å². The molecule has 0 aromatic rings. The van der Waals surface area contributed by atoms with Crippen molar-refractivity contribution in [2.45, 2.75) is 302 Å². The number of hydrogen-bond acceptors (Lipinski definition) is 5. The van der Waals surface area contributed by atoms with Crippen LogP contribution in [0.25, 0.3) is 0 Å². The van der Waals surface area contributed by atoms with Crippen LogP contribution in [0.15, 0.2) is 97.2 Å². The number of rotatable bonds is 60. The number of unbranched alkanes of at least 4 members (excludes halogenated alkanes) is 33. The van der Waals surface area contributed by atoms with E-state index in [0.29, 0.717) is 17.4 Å². The second kappa shape index (κ2) is 60.0. The molecule has 0 rings (SSSR count). The molecule has 0 saturated heterocycles. The molecule has 0 aliphatic rings. The molecule has 3 atom stereocenters. The van der Waals surface area contributed by atoms with Gasteiger partial charge < -0.3 is 19.8 Å². The molecule has 3 unspecified atom stereocenters. The summed E-state index contributed by atoms with van der Waals surface area (Å²) >= 11 is 0. The largest absolute Gasteiger partial charge is 0.472 e. The number of likely N-dealkylation sites (N-methyl/N-ethyl adjacent to an activating group) is 1. The third-order valence-electron chi connectivity index (χ3n) is 14.5. The van der Waals surface area contributed by atoms with E-state index in [9.17, 15) is 19.4 Å². The molecule has 0 aliphatic heterocycles. The summed E-state index contributed by atoms with van der Waals surface area (Å²) in [7, 11) is 1.55. The van der Waals surface area contributed by atoms with E-state index >= 15 is 0 Å². The number of aliphatic hydroxyl groups excluding tert-OH is 1. The Bertz CT molecular complexity index is 1610. The van der Waals surface area contributed by atoms with Crippen molar-refractivity contribution in [2.75, 3.05) is 40.9 Å². The van der Waals surface area contributed by atoms with Crippen molar-refractivity contribution >= 4 is 13.7 Å². The summed E-state index contributed by atoms with van der Waals surface area (Å²) in [4.78, 5) is 23.4. The van der Waals surface area contributed by atoms with Crippen LogP contribution in [0.5, 0.6) is 0 Å². The number of amides is 1. The Hall–Kier alpha value is -2.58. The Morgan fingerprint density at radius 3 is 1.16 bits per heavy atom. The molecule has 8 nitrogen and oxygen atoms in total. The quantitative estimate of drug-likeness (QED) is 0.0243. The van der Waals surface area contributed by atoms with E-state index in [4.69, 9.17) is 9.05 Å². The molecule has 0 saturated carbocycles. The average molecular weight is 1120 g/mol. The summed E-state index contributed by atoms with van der Waals surface area (Å²) in [6, 6.07) is -0.874. The lowest BCUT2D eigenvalue weighted by molar-refractivity contribution is -0.870. The van der Waals surface area contributed by atoms with Crippen molar-refractivity contribution in [3.05, 3.63) is 97.2 Å². The highest BCUT2D eigenvalue weighted by Gasteiger charge is 2.27. The third-order valence-corrected chi connectivity index (χ3v) is 15.5. The van der Waals surface area contributed by atoms with E-state index in [1.807, 2.05) is 27.2 Å². The van der Waals surface area contributed by atoms with E-state index in [-0.39, 0.29) is 19.1 Å². The van der Waals surface area contributed by atoms with Gasteiger partial charge in [0.1, 0.15) is 13.2 Å². The van der Waals surface area contributed by atoms with Gasteiger partial charge in [0.2, 0.25) is 5.91 Å². The summed E-state index contributed by atoms with van der Waals surface area (Å²) in [5.74, 6) is -0.190. The smallest absolute Gasteiger partial charge is 0.387 e. The number of aliphatic hydroxyl groups is 1. The van der Waals surface area contributed by atoms with Gasteiger partial charge in [-0.2, -0.15) is 0 Å². The second-order valence-corrected chi connectivity index (χ2v) is 24.9. The predicted octanol–water partition coefficient (Wildman–Crippen LogP) is 20.9. The highest BCUT2D eigenvalue weighted by atomic mass is 31.2. The monoisotopic (exact) mass is 1120 g/mol. The molecule has 458 valence electrons. The topological polar surface area (TPSA) is 105 Å². The standard InChI is InChI=1S/C70H127N2O6P/c1-6-8-10-12-14-16-18-20-22-24-26-28-30-31-32-33-34-35-36-37-38-39-40-41-42-44-46-48-50-52-54-56-58-60-62-64-70(74)71-68(67-78-79(75,76)77-66-65-72(3,4)5)69(73)63-61-59-57-55-53-51-49-47-45-43-29-27-25-23-21-19-17-15-13-11-9-7-2/h8,10,14,16,20,22,26,28,31-32,45,47,53,55,61,63,68-69,73H,6-7,9,11-13,15,17-19,21,23-25,27,29-30,33-44,46,48-52,54,56-60,62,64-67H2,1-5H3,(H-,71,74,75,76)/p+1/b10-8-,16-14-,22-20-,28-26-,32-31-,47-45+,55-53+,63-61+. The first-order valence-corrected chi connectivity index (χ1v) is 34.6. The average Bonchev–Trinajstić information content (AvgIpc) is 3.42. The molecule has 9 heteroatoms. The van der Waals surface area contributed by atoms with Gasteiger partial charge in [-0.3, -0.25) is 13.8 Å². The minimum atomic E-state index is -4.37. The van der Waals surface area contributed by atoms with Crippen molar-refractivity contribution in [1.82, 2.24) is 5.32 Å². The number of carbonyl (C=O) groups excluding carboxylic acids is 1. The van der Waals surface area contributed by atoms with Crippen LogP contribution >= 0.6 is 7.82 Å². The van der Waals surface area contributed by atoms with Crippen molar-refractivity contribution in [3.63, 3.8) is 0 Å². The van der Waals surface area contributed by atoms with E-state index in [1.54, 1.807) is 6.08 Å². The van der Waals surface area contributed by atoms with E-state index < -0.39 is 20.0 Å². The Balaban J connectivity index is 4.11. The van der Waals surface area contributed by atoms with Crippen LogP contribution in [-0.4, -0.2) is 73.4 Å². The third kappa shape index (κ3) is 62.9. The molecule has 0 spiro atoms. The van der Waals surface area contributed by atoms with Crippen LogP contribution < -0.4 is 5.32 Å². The molecule has 0 aromatic heterocycles. The maximum Gasteiger partial charge on any atom is 0.472 e. The molecular formula is C70H128N2O6P+. The van der Waals surface area contributed by atoms with E-state index in [0.717, 1.165) is 77.0 Å². The van der Waals surface area contributed by atoms with Gasteiger partial charge in [0.05, 0.1) is 39.9 Å². The fourth-order valence-corrected chi connectivity index (χ4v) is 10.1. The number of carbonyl (C=O) groups is 1. The summed E-state index contributed by atoms with van der Waals surface area (Å²) in [5.41, 5.74) is 0. The Morgan fingerprint density at radius 1 is 0.443 bits per heavy atom. The van der Waals surface area contributed by atoms with Gasteiger partial charge in [0.25, 0.3) is 0 Å². The summed E-state index contributed by atoms with van der Waals surface area (Å²) in [6.45, 7) is 4.69. The molecule has 79 heavy (non-hydrogen) atoms. The van der Waals surface area contributed by atoms with Crippen LogP contribution in [0, 0.1) is 0 Å². The highest BCUT2D eigenvalue weighted by molar-refractivity contribution is 7.47. The van der Waals surface area contributed by atoms with E-state index in [1.165, 1.54) is 193 Å². The fourth-order valence-electron chi connectivity index (χ4n) is 9.40. The second-order valence-electron chi connectivity index (χ2n) is 23.4. The molecule has 0 aromatic carbocycles. The highest BCUT2D eigenvalue weighted by Crippen LogP contribution is 2.43.